The minimum Gasteiger partial charge on any atom is -0.486 e. The minimum absolute atomic E-state index is 0.0300. The van der Waals surface area contributed by atoms with Crippen LogP contribution in [0.1, 0.15) is 17.0 Å². The van der Waals surface area contributed by atoms with Crippen LogP contribution in [0.4, 0.5) is 13.2 Å². The van der Waals surface area contributed by atoms with Gasteiger partial charge in [0.2, 0.25) is 0 Å². The van der Waals surface area contributed by atoms with Crippen LogP contribution in [0.15, 0.2) is 58.2 Å². The molecule has 0 aliphatic carbocycles. The first-order chi connectivity index (χ1) is 12.8. The van der Waals surface area contributed by atoms with E-state index in [2.05, 4.69) is 26.1 Å². The van der Waals surface area contributed by atoms with Crippen molar-refractivity contribution in [3.05, 3.63) is 70.0 Å². The monoisotopic (exact) mass is 457 g/mol. The summed E-state index contributed by atoms with van der Waals surface area (Å²) in [7, 11) is 1.80. The topological polar surface area (TPSA) is 39.9 Å². The largest absolute Gasteiger partial charge is 0.486 e. The molecule has 4 nitrogen and oxygen atoms in total. The Labute approximate surface area is 166 Å². The van der Waals surface area contributed by atoms with E-state index in [4.69, 9.17) is 4.74 Å². The lowest BCUT2D eigenvalue weighted by Gasteiger charge is -2.10. The summed E-state index contributed by atoms with van der Waals surface area (Å²) in [4.78, 5) is 0. The lowest BCUT2D eigenvalue weighted by Crippen LogP contribution is -2.07. The first-order valence-corrected chi connectivity index (χ1v) is 9.66. The second-order valence-electron chi connectivity index (χ2n) is 5.69. The highest BCUT2D eigenvalue weighted by Crippen LogP contribution is 2.31. The van der Waals surface area contributed by atoms with Gasteiger partial charge >= 0.3 is 6.18 Å². The van der Waals surface area contributed by atoms with Crippen LogP contribution in [-0.4, -0.2) is 14.8 Å². The molecule has 0 N–H and O–H groups in total. The predicted octanol–water partition coefficient (Wildman–Crippen LogP) is 5.47. The number of benzene rings is 2. The molecule has 3 aromatic rings. The normalized spacial score (nSPS) is 11.6. The lowest BCUT2D eigenvalue weighted by atomic mass is 10.2. The molecule has 2 aromatic carbocycles. The van der Waals surface area contributed by atoms with Gasteiger partial charge in [0, 0.05) is 17.3 Å². The summed E-state index contributed by atoms with van der Waals surface area (Å²) in [6, 6.07) is 12.7. The third-order valence-electron chi connectivity index (χ3n) is 3.71. The van der Waals surface area contributed by atoms with E-state index in [9.17, 15) is 13.2 Å². The van der Waals surface area contributed by atoms with Crippen LogP contribution < -0.4 is 4.74 Å². The summed E-state index contributed by atoms with van der Waals surface area (Å²) in [5.74, 6) is 1.39. The van der Waals surface area contributed by atoms with Crippen molar-refractivity contribution >= 4 is 27.7 Å². The van der Waals surface area contributed by atoms with Crippen molar-refractivity contribution in [3.63, 3.8) is 0 Å². The molecule has 1 aromatic heterocycles. The summed E-state index contributed by atoms with van der Waals surface area (Å²) in [5.41, 5.74) is 0.391. The Bertz CT molecular complexity index is 930. The average molecular weight is 458 g/mol. The van der Waals surface area contributed by atoms with E-state index < -0.39 is 11.7 Å². The Kier molecular flexibility index (Phi) is 6.11. The molecule has 0 unspecified atom stereocenters. The Morgan fingerprint density at radius 3 is 2.63 bits per heavy atom. The Morgan fingerprint density at radius 2 is 1.89 bits per heavy atom. The quantitative estimate of drug-likeness (QED) is 0.460. The zero-order chi connectivity index (χ0) is 19.4. The van der Waals surface area contributed by atoms with Crippen molar-refractivity contribution in [2.75, 3.05) is 0 Å². The van der Waals surface area contributed by atoms with E-state index in [1.165, 1.54) is 23.9 Å². The van der Waals surface area contributed by atoms with E-state index in [0.717, 1.165) is 27.9 Å². The van der Waals surface area contributed by atoms with E-state index >= 15 is 0 Å². The van der Waals surface area contributed by atoms with Crippen molar-refractivity contribution in [3.8, 4) is 5.75 Å². The molecule has 0 amide bonds. The fourth-order valence-corrected chi connectivity index (χ4v) is 3.60. The number of thioether (sulfide) groups is 1. The number of ether oxygens (including phenoxy) is 1. The van der Waals surface area contributed by atoms with E-state index in [-0.39, 0.29) is 12.4 Å². The molecule has 0 aliphatic heterocycles. The number of hydrogen-bond donors (Lipinski definition) is 0. The second-order valence-corrected chi connectivity index (χ2v) is 7.55. The van der Waals surface area contributed by atoms with Crippen molar-refractivity contribution in [1.29, 1.82) is 0 Å². The summed E-state index contributed by atoms with van der Waals surface area (Å²) < 4.78 is 46.5. The van der Waals surface area contributed by atoms with E-state index in [1.54, 1.807) is 11.6 Å². The Morgan fingerprint density at radius 1 is 1.11 bits per heavy atom. The first-order valence-electron chi connectivity index (χ1n) is 7.88. The fourth-order valence-electron chi connectivity index (χ4n) is 2.28. The van der Waals surface area contributed by atoms with Crippen LogP contribution in [-0.2, 0) is 25.6 Å². The van der Waals surface area contributed by atoms with Gasteiger partial charge in [-0.05, 0) is 35.9 Å². The molecule has 0 spiro atoms. The highest BCUT2D eigenvalue weighted by atomic mass is 79.9. The van der Waals surface area contributed by atoms with Gasteiger partial charge in [-0.3, -0.25) is 0 Å². The molecule has 27 heavy (non-hydrogen) atoms. The molecule has 0 aliphatic rings. The van der Waals surface area contributed by atoms with Gasteiger partial charge in [-0.15, -0.1) is 10.2 Å². The first kappa shape index (κ1) is 19.8. The zero-order valence-electron chi connectivity index (χ0n) is 14.2. The number of hydrogen-bond acceptors (Lipinski definition) is 4. The highest BCUT2D eigenvalue weighted by Gasteiger charge is 2.30. The molecule has 0 saturated heterocycles. The van der Waals surface area contributed by atoms with E-state index in [1.807, 2.05) is 24.3 Å². The van der Waals surface area contributed by atoms with E-state index in [0.29, 0.717) is 11.0 Å². The molecule has 9 heteroatoms. The van der Waals surface area contributed by atoms with Gasteiger partial charge < -0.3 is 9.30 Å². The van der Waals surface area contributed by atoms with Gasteiger partial charge in [0.05, 0.1) is 5.56 Å². The SMILES string of the molecule is Cn1c(COc2cccc(C(F)(F)F)c2)nnc1SCc1cccc(Br)c1. The lowest BCUT2D eigenvalue weighted by molar-refractivity contribution is -0.137. The standard InChI is InChI=1S/C18H15BrF3N3OS/c1-25-16(10-26-15-7-3-5-13(9-15)18(20,21)22)23-24-17(25)27-11-12-4-2-6-14(19)8-12/h2-9H,10-11H2,1H3. The molecule has 0 atom stereocenters. The average Bonchev–Trinajstić information content (AvgIpc) is 2.98. The molecule has 142 valence electrons. The van der Waals surface area contributed by atoms with Gasteiger partial charge in [0.15, 0.2) is 11.0 Å². The second kappa shape index (κ2) is 8.35. The number of nitrogens with zero attached hydrogens (tertiary/aromatic N) is 3. The number of alkyl halides is 3. The Balaban J connectivity index is 1.62. The smallest absolute Gasteiger partial charge is 0.416 e. The predicted molar refractivity (Wildman–Crippen MR) is 100 cm³/mol. The maximum Gasteiger partial charge on any atom is 0.416 e. The van der Waals surface area contributed by atoms with Gasteiger partial charge in [0.1, 0.15) is 12.4 Å². The van der Waals surface area contributed by atoms with Crippen LogP contribution in [0.25, 0.3) is 0 Å². The van der Waals surface area contributed by atoms with Crippen LogP contribution in [0, 0.1) is 0 Å². The minimum atomic E-state index is -4.40. The van der Waals surface area contributed by atoms with Gasteiger partial charge in [-0.2, -0.15) is 13.2 Å². The van der Waals surface area contributed by atoms with Crippen LogP contribution in [0.5, 0.6) is 5.75 Å². The maximum atomic E-state index is 12.8. The zero-order valence-corrected chi connectivity index (χ0v) is 16.6. The number of halogens is 4. The molecule has 1 heterocycles. The van der Waals surface area contributed by atoms with Crippen LogP contribution in [0.2, 0.25) is 0 Å². The van der Waals surface area contributed by atoms with Crippen molar-refractivity contribution in [2.45, 2.75) is 23.7 Å². The highest BCUT2D eigenvalue weighted by molar-refractivity contribution is 9.10. The molecule has 0 radical (unpaired) electrons. The Hall–Kier alpha value is -2.00. The maximum absolute atomic E-state index is 12.8. The van der Waals surface area contributed by atoms with Gasteiger partial charge in [-0.1, -0.05) is 45.9 Å². The molecule has 0 fully saturated rings. The molecule has 3 rings (SSSR count). The van der Waals surface area contributed by atoms with Crippen molar-refractivity contribution < 1.29 is 17.9 Å². The van der Waals surface area contributed by atoms with Gasteiger partial charge in [-0.25, -0.2) is 0 Å². The van der Waals surface area contributed by atoms with Gasteiger partial charge in [0.25, 0.3) is 0 Å². The number of aromatic nitrogens is 3. The van der Waals surface area contributed by atoms with Crippen LogP contribution in [0.3, 0.4) is 0 Å². The van der Waals surface area contributed by atoms with Crippen molar-refractivity contribution in [2.24, 2.45) is 7.05 Å². The van der Waals surface area contributed by atoms with Crippen molar-refractivity contribution in [1.82, 2.24) is 14.8 Å². The molecular formula is C18H15BrF3N3OS. The van der Waals surface area contributed by atoms with Crippen LogP contribution >= 0.6 is 27.7 Å². The molecular weight excluding hydrogens is 443 g/mol. The molecule has 0 bridgehead atoms. The summed E-state index contributed by atoms with van der Waals surface area (Å²) in [6.07, 6.45) is -4.40. The number of rotatable bonds is 6. The fraction of sp³-hybridized carbons (Fsp3) is 0.222. The summed E-state index contributed by atoms with van der Waals surface area (Å²) >= 11 is 4.96. The third kappa shape index (κ3) is 5.26. The summed E-state index contributed by atoms with van der Waals surface area (Å²) in [5, 5.41) is 8.90. The third-order valence-corrected chi connectivity index (χ3v) is 5.30. The summed E-state index contributed by atoms with van der Waals surface area (Å²) in [6.45, 7) is 0.0300. The molecule has 0 saturated carbocycles.